The number of hydrogen-bond donors (Lipinski definition) is 1. The number of benzene rings is 1. The van der Waals surface area contributed by atoms with Crippen molar-refractivity contribution in [2.24, 2.45) is 0 Å². The predicted molar refractivity (Wildman–Crippen MR) is 79.4 cm³/mol. The van der Waals surface area contributed by atoms with Crippen LogP contribution in [0.15, 0.2) is 18.2 Å². The van der Waals surface area contributed by atoms with E-state index in [4.69, 9.17) is 4.74 Å². The Morgan fingerprint density at radius 1 is 1.32 bits per heavy atom. The van der Waals surface area contributed by atoms with Gasteiger partial charge in [-0.1, -0.05) is 33.3 Å². The van der Waals surface area contributed by atoms with Crippen LogP contribution in [0.25, 0.3) is 0 Å². The molecular weight excluding hydrogens is 262 g/mol. The quantitative estimate of drug-likeness (QED) is 0.835. The second-order valence-electron chi connectivity index (χ2n) is 4.89. The fourth-order valence-electron chi connectivity index (χ4n) is 1.70. The molecule has 0 aliphatic carbocycles. The standard InChI is InChI=1S/C14H23NO3S/c1-5-6-9-19(16,17)15-13-8-7-12(11(2)3)10-14(13)18-4/h7-8,10-11,15H,5-6,9H2,1-4H3. The molecule has 0 fully saturated rings. The summed E-state index contributed by atoms with van der Waals surface area (Å²) in [7, 11) is -1.75. The van der Waals surface area contributed by atoms with E-state index in [1.165, 1.54) is 0 Å². The van der Waals surface area contributed by atoms with Gasteiger partial charge in [-0.05, 0) is 30.0 Å². The van der Waals surface area contributed by atoms with Crippen molar-refractivity contribution in [3.05, 3.63) is 23.8 Å². The molecule has 4 nitrogen and oxygen atoms in total. The van der Waals surface area contributed by atoms with Crippen LogP contribution in [0.2, 0.25) is 0 Å². The number of rotatable bonds is 7. The molecule has 1 rings (SSSR count). The first kappa shape index (κ1) is 15.8. The third-order valence-electron chi connectivity index (χ3n) is 2.92. The molecule has 0 radical (unpaired) electrons. The normalized spacial score (nSPS) is 11.6. The van der Waals surface area contributed by atoms with Crippen molar-refractivity contribution in [1.82, 2.24) is 0 Å². The zero-order valence-electron chi connectivity index (χ0n) is 12.1. The lowest BCUT2D eigenvalue weighted by molar-refractivity contribution is 0.416. The highest BCUT2D eigenvalue weighted by molar-refractivity contribution is 7.92. The maximum Gasteiger partial charge on any atom is 0.232 e. The molecule has 1 aromatic rings. The molecule has 1 aromatic carbocycles. The molecule has 0 saturated carbocycles. The van der Waals surface area contributed by atoms with Crippen LogP contribution < -0.4 is 9.46 Å². The van der Waals surface area contributed by atoms with E-state index in [1.54, 1.807) is 13.2 Å². The zero-order chi connectivity index (χ0) is 14.5. The van der Waals surface area contributed by atoms with Crippen molar-refractivity contribution in [2.75, 3.05) is 17.6 Å². The van der Waals surface area contributed by atoms with Crippen LogP contribution in [0.4, 0.5) is 5.69 Å². The van der Waals surface area contributed by atoms with E-state index >= 15 is 0 Å². The Kier molecular flexibility index (Phi) is 5.66. The summed E-state index contributed by atoms with van der Waals surface area (Å²) in [6, 6.07) is 5.56. The van der Waals surface area contributed by atoms with Crippen LogP contribution in [-0.2, 0) is 10.0 Å². The number of sulfonamides is 1. The lowest BCUT2D eigenvalue weighted by Crippen LogP contribution is -2.17. The Morgan fingerprint density at radius 3 is 2.53 bits per heavy atom. The highest BCUT2D eigenvalue weighted by atomic mass is 32.2. The van der Waals surface area contributed by atoms with Crippen LogP contribution in [0.3, 0.4) is 0 Å². The van der Waals surface area contributed by atoms with E-state index in [-0.39, 0.29) is 5.75 Å². The van der Waals surface area contributed by atoms with Crippen molar-refractivity contribution in [1.29, 1.82) is 0 Å². The number of unbranched alkanes of at least 4 members (excludes halogenated alkanes) is 1. The van der Waals surface area contributed by atoms with Crippen LogP contribution in [0.5, 0.6) is 5.75 Å². The molecule has 0 aliphatic rings. The monoisotopic (exact) mass is 285 g/mol. The average Bonchev–Trinajstić information content (AvgIpc) is 2.36. The minimum Gasteiger partial charge on any atom is -0.495 e. The first-order valence-corrected chi connectivity index (χ1v) is 8.23. The van der Waals surface area contributed by atoms with E-state index in [2.05, 4.69) is 18.6 Å². The summed E-state index contributed by atoms with van der Waals surface area (Å²) in [6.07, 6.45) is 1.51. The van der Waals surface area contributed by atoms with Crippen molar-refractivity contribution in [2.45, 2.75) is 39.5 Å². The minimum absolute atomic E-state index is 0.137. The molecule has 0 aliphatic heterocycles. The van der Waals surface area contributed by atoms with Gasteiger partial charge in [-0.2, -0.15) is 0 Å². The maximum atomic E-state index is 11.9. The number of nitrogens with one attached hydrogen (secondary N) is 1. The molecule has 0 atom stereocenters. The smallest absolute Gasteiger partial charge is 0.232 e. The fourth-order valence-corrected chi connectivity index (χ4v) is 2.98. The Morgan fingerprint density at radius 2 is 2.00 bits per heavy atom. The third kappa shape index (κ3) is 4.74. The lowest BCUT2D eigenvalue weighted by atomic mass is 10.0. The minimum atomic E-state index is -3.29. The molecule has 0 unspecified atom stereocenters. The molecular formula is C14H23NO3S. The number of hydrogen-bond acceptors (Lipinski definition) is 3. The van der Waals surface area contributed by atoms with Crippen LogP contribution in [-0.4, -0.2) is 21.3 Å². The first-order chi connectivity index (χ1) is 8.89. The molecule has 0 spiro atoms. The highest BCUT2D eigenvalue weighted by Gasteiger charge is 2.14. The van der Waals surface area contributed by atoms with Crippen molar-refractivity contribution in [3.63, 3.8) is 0 Å². The molecule has 1 N–H and O–H groups in total. The zero-order valence-corrected chi connectivity index (χ0v) is 12.9. The second kappa shape index (κ2) is 6.80. The Balaban J connectivity index is 2.95. The van der Waals surface area contributed by atoms with Gasteiger partial charge in [0.1, 0.15) is 5.75 Å². The summed E-state index contributed by atoms with van der Waals surface area (Å²) < 4.78 is 31.6. The van der Waals surface area contributed by atoms with Crippen LogP contribution in [0, 0.1) is 0 Å². The van der Waals surface area contributed by atoms with Gasteiger partial charge in [0.05, 0.1) is 18.6 Å². The lowest BCUT2D eigenvalue weighted by Gasteiger charge is -2.14. The van der Waals surface area contributed by atoms with Crippen molar-refractivity contribution < 1.29 is 13.2 Å². The number of ether oxygens (including phenoxy) is 1. The topological polar surface area (TPSA) is 55.4 Å². The van der Waals surface area contributed by atoms with Crippen LogP contribution >= 0.6 is 0 Å². The molecule has 108 valence electrons. The summed E-state index contributed by atoms with van der Waals surface area (Å²) in [5.74, 6) is 1.07. The summed E-state index contributed by atoms with van der Waals surface area (Å²) in [5.41, 5.74) is 1.62. The van der Waals surface area contributed by atoms with Gasteiger partial charge in [0, 0.05) is 0 Å². The number of anilines is 1. The van der Waals surface area contributed by atoms with Gasteiger partial charge in [-0.3, -0.25) is 4.72 Å². The summed E-state index contributed by atoms with van der Waals surface area (Å²) in [6.45, 7) is 6.13. The highest BCUT2D eigenvalue weighted by Crippen LogP contribution is 2.29. The van der Waals surface area contributed by atoms with Gasteiger partial charge in [-0.15, -0.1) is 0 Å². The molecule has 0 aromatic heterocycles. The Labute approximate surface area is 116 Å². The van der Waals surface area contributed by atoms with Gasteiger partial charge in [0.15, 0.2) is 0 Å². The summed E-state index contributed by atoms with van der Waals surface area (Å²) in [5, 5.41) is 0. The fraction of sp³-hybridized carbons (Fsp3) is 0.571. The SMILES string of the molecule is CCCCS(=O)(=O)Nc1ccc(C(C)C)cc1OC. The maximum absolute atomic E-state index is 11.9. The van der Waals surface area contributed by atoms with Crippen molar-refractivity contribution >= 4 is 15.7 Å². The molecule has 0 saturated heterocycles. The Bertz CT molecular complexity index is 509. The van der Waals surface area contributed by atoms with Gasteiger partial charge in [-0.25, -0.2) is 8.42 Å². The van der Waals surface area contributed by atoms with Gasteiger partial charge >= 0.3 is 0 Å². The summed E-state index contributed by atoms with van der Waals surface area (Å²) in [4.78, 5) is 0. The van der Waals surface area contributed by atoms with Gasteiger partial charge in [0.2, 0.25) is 10.0 Å². The molecule has 0 amide bonds. The van der Waals surface area contributed by atoms with Crippen LogP contribution in [0.1, 0.15) is 45.1 Å². The molecule has 19 heavy (non-hydrogen) atoms. The number of methoxy groups -OCH3 is 1. The third-order valence-corrected chi connectivity index (χ3v) is 4.28. The molecule has 5 heteroatoms. The first-order valence-electron chi connectivity index (χ1n) is 6.58. The van der Waals surface area contributed by atoms with E-state index in [0.29, 0.717) is 23.8 Å². The van der Waals surface area contributed by atoms with Crippen molar-refractivity contribution in [3.8, 4) is 5.75 Å². The predicted octanol–water partition coefficient (Wildman–Crippen LogP) is 3.36. The average molecular weight is 285 g/mol. The molecule has 0 bridgehead atoms. The Hall–Kier alpha value is -1.23. The second-order valence-corrected chi connectivity index (χ2v) is 6.73. The summed E-state index contributed by atoms with van der Waals surface area (Å²) >= 11 is 0. The largest absolute Gasteiger partial charge is 0.495 e. The van der Waals surface area contributed by atoms with E-state index in [0.717, 1.165) is 12.0 Å². The van der Waals surface area contributed by atoms with E-state index < -0.39 is 10.0 Å². The van der Waals surface area contributed by atoms with Gasteiger partial charge < -0.3 is 4.74 Å². The van der Waals surface area contributed by atoms with Gasteiger partial charge in [0.25, 0.3) is 0 Å². The van der Waals surface area contributed by atoms with E-state index in [9.17, 15) is 8.42 Å². The van der Waals surface area contributed by atoms with E-state index in [1.807, 2.05) is 19.1 Å². The molecule has 0 heterocycles.